The van der Waals surface area contributed by atoms with E-state index in [1.54, 1.807) is 0 Å². The third-order valence-corrected chi connectivity index (χ3v) is 5.08. The van der Waals surface area contributed by atoms with Crippen molar-refractivity contribution < 1.29 is 0 Å². The molecule has 0 aromatic carbocycles. The normalized spacial score (nSPS) is 17.6. The molecule has 2 rings (SSSR count). The summed E-state index contributed by atoms with van der Waals surface area (Å²) in [5.74, 6) is 0.930. The summed E-state index contributed by atoms with van der Waals surface area (Å²) in [5.41, 5.74) is 5.99. The van der Waals surface area contributed by atoms with E-state index in [-0.39, 0.29) is 0 Å². The molecule has 96 valence electrons. The molecule has 1 aliphatic rings. The fraction of sp³-hybridized carbons (Fsp3) is 0.692. The fourth-order valence-corrected chi connectivity index (χ4v) is 3.83. The molecule has 0 bridgehead atoms. The molecular formula is C13H21BrN2S. The molecule has 4 heteroatoms. The summed E-state index contributed by atoms with van der Waals surface area (Å²) in [4.78, 5) is 3.98. The van der Waals surface area contributed by atoms with Crippen molar-refractivity contribution in [3.63, 3.8) is 0 Å². The van der Waals surface area contributed by atoms with Crippen LogP contribution < -0.4 is 5.73 Å². The Morgan fingerprint density at radius 2 is 2.35 bits per heavy atom. The molecule has 0 saturated heterocycles. The minimum absolute atomic E-state index is 0.409. The second-order valence-corrected chi connectivity index (χ2v) is 6.72. The van der Waals surface area contributed by atoms with Gasteiger partial charge in [0.05, 0.1) is 6.04 Å². The van der Waals surface area contributed by atoms with E-state index in [4.69, 9.17) is 5.73 Å². The standard InChI is InChI=1S/C13H21BrN2S/c1-2-5-16(8-10-3-4-10)12(7-15)13-6-11(14)9-17-13/h6,9-10,12H,2-5,7-8,15H2,1H3. The van der Waals surface area contributed by atoms with Gasteiger partial charge in [-0.15, -0.1) is 11.3 Å². The van der Waals surface area contributed by atoms with Crippen molar-refractivity contribution in [3.05, 3.63) is 20.8 Å². The number of thiophene rings is 1. The van der Waals surface area contributed by atoms with Crippen LogP contribution in [0.1, 0.15) is 37.1 Å². The third-order valence-electron chi connectivity index (χ3n) is 3.28. The maximum atomic E-state index is 5.99. The molecule has 0 spiro atoms. The maximum Gasteiger partial charge on any atom is 0.0564 e. The predicted molar refractivity (Wildman–Crippen MR) is 78.4 cm³/mol. The number of nitrogens with two attached hydrogens (primary N) is 1. The second kappa shape index (κ2) is 6.32. The van der Waals surface area contributed by atoms with E-state index >= 15 is 0 Å². The van der Waals surface area contributed by atoms with Crippen LogP contribution in [-0.4, -0.2) is 24.5 Å². The van der Waals surface area contributed by atoms with Gasteiger partial charge in [0.1, 0.15) is 0 Å². The van der Waals surface area contributed by atoms with Gasteiger partial charge >= 0.3 is 0 Å². The maximum absolute atomic E-state index is 5.99. The first-order valence-corrected chi connectivity index (χ1v) is 8.10. The van der Waals surface area contributed by atoms with Crippen LogP contribution in [0.15, 0.2) is 15.9 Å². The van der Waals surface area contributed by atoms with E-state index in [0.717, 1.165) is 19.0 Å². The first-order valence-electron chi connectivity index (χ1n) is 6.42. The average Bonchev–Trinajstić information content (AvgIpc) is 3.02. The van der Waals surface area contributed by atoms with Crippen molar-refractivity contribution in [3.8, 4) is 0 Å². The molecule has 1 saturated carbocycles. The molecule has 0 amide bonds. The Balaban J connectivity index is 2.06. The topological polar surface area (TPSA) is 29.3 Å². The molecular weight excluding hydrogens is 296 g/mol. The summed E-state index contributed by atoms with van der Waals surface area (Å²) >= 11 is 5.35. The average molecular weight is 317 g/mol. The Morgan fingerprint density at radius 1 is 1.59 bits per heavy atom. The zero-order valence-electron chi connectivity index (χ0n) is 10.4. The van der Waals surface area contributed by atoms with Crippen LogP contribution >= 0.6 is 27.3 Å². The van der Waals surface area contributed by atoms with Crippen molar-refractivity contribution in [1.29, 1.82) is 0 Å². The van der Waals surface area contributed by atoms with Crippen molar-refractivity contribution in [2.45, 2.75) is 32.2 Å². The lowest BCUT2D eigenvalue weighted by molar-refractivity contribution is 0.196. The lowest BCUT2D eigenvalue weighted by atomic mass is 10.1. The van der Waals surface area contributed by atoms with Gasteiger partial charge < -0.3 is 5.73 Å². The summed E-state index contributed by atoms with van der Waals surface area (Å²) < 4.78 is 1.18. The zero-order valence-corrected chi connectivity index (χ0v) is 12.8. The van der Waals surface area contributed by atoms with Gasteiger partial charge in [0.15, 0.2) is 0 Å². The molecule has 2 N–H and O–H groups in total. The zero-order chi connectivity index (χ0) is 12.3. The highest BCUT2D eigenvalue weighted by Crippen LogP contribution is 2.34. The number of rotatable bonds is 7. The molecule has 1 aromatic rings. The molecule has 1 aromatic heterocycles. The van der Waals surface area contributed by atoms with Gasteiger partial charge in [0, 0.05) is 27.8 Å². The summed E-state index contributed by atoms with van der Waals surface area (Å²) in [6.45, 7) is 5.36. The van der Waals surface area contributed by atoms with E-state index in [9.17, 15) is 0 Å². The molecule has 0 aliphatic heterocycles. The van der Waals surface area contributed by atoms with E-state index in [2.05, 4.69) is 39.2 Å². The highest BCUT2D eigenvalue weighted by molar-refractivity contribution is 9.10. The number of halogens is 1. The highest BCUT2D eigenvalue weighted by Gasteiger charge is 2.28. The minimum atomic E-state index is 0.409. The molecule has 1 fully saturated rings. The molecule has 2 nitrogen and oxygen atoms in total. The van der Waals surface area contributed by atoms with Crippen LogP contribution in [-0.2, 0) is 0 Å². The van der Waals surface area contributed by atoms with Gasteiger partial charge in [-0.05, 0) is 53.7 Å². The van der Waals surface area contributed by atoms with Gasteiger partial charge in [0.25, 0.3) is 0 Å². The smallest absolute Gasteiger partial charge is 0.0564 e. The van der Waals surface area contributed by atoms with Crippen molar-refractivity contribution >= 4 is 27.3 Å². The van der Waals surface area contributed by atoms with Crippen LogP contribution in [0.25, 0.3) is 0 Å². The second-order valence-electron chi connectivity index (χ2n) is 4.86. The van der Waals surface area contributed by atoms with Gasteiger partial charge in [-0.25, -0.2) is 0 Å². The lowest BCUT2D eigenvalue weighted by Crippen LogP contribution is -2.35. The van der Waals surface area contributed by atoms with Crippen LogP contribution in [0, 0.1) is 5.92 Å². The summed E-state index contributed by atoms with van der Waals surface area (Å²) in [5, 5.41) is 2.15. The molecule has 0 radical (unpaired) electrons. The van der Waals surface area contributed by atoms with Crippen LogP contribution in [0.5, 0.6) is 0 Å². The van der Waals surface area contributed by atoms with E-state index in [1.165, 1.54) is 35.2 Å². The van der Waals surface area contributed by atoms with Crippen molar-refractivity contribution in [2.75, 3.05) is 19.6 Å². The molecule has 1 atom stereocenters. The van der Waals surface area contributed by atoms with E-state index in [0.29, 0.717) is 6.04 Å². The first kappa shape index (κ1) is 13.5. The van der Waals surface area contributed by atoms with Crippen molar-refractivity contribution in [1.82, 2.24) is 4.90 Å². The summed E-state index contributed by atoms with van der Waals surface area (Å²) in [6.07, 6.45) is 4.02. The van der Waals surface area contributed by atoms with Gasteiger partial charge in [-0.1, -0.05) is 6.92 Å². The van der Waals surface area contributed by atoms with Crippen LogP contribution in [0.4, 0.5) is 0 Å². The Kier molecular flexibility index (Phi) is 5.03. The Labute approximate surface area is 116 Å². The fourth-order valence-electron chi connectivity index (χ4n) is 2.24. The quantitative estimate of drug-likeness (QED) is 0.832. The minimum Gasteiger partial charge on any atom is -0.329 e. The number of nitrogens with zero attached hydrogens (tertiary/aromatic N) is 1. The Hall–Kier alpha value is 0.1000. The Morgan fingerprint density at radius 3 is 2.82 bits per heavy atom. The van der Waals surface area contributed by atoms with E-state index in [1.807, 2.05) is 11.3 Å². The van der Waals surface area contributed by atoms with Gasteiger partial charge in [-0.2, -0.15) is 0 Å². The molecule has 1 unspecified atom stereocenters. The Bertz CT molecular complexity index is 349. The molecule has 1 heterocycles. The number of hydrogen-bond acceptors (Lipinski definition) is 3. The SMILES string of the molecule is CCCN(CC1CC1)C(CN)c1cc(Br)cs1. The van der Waals surface area contributed by atoms with Gasteiger partial charge in [-0.3, -0.25) is 4.90 Å². The molecule has 1 aliphatic carbocycles. The first-order chi connectivity index (χ1) is 8.24. The largest absolute Gasteiger partial charge is 0.329 e. The third kappa shape index (κ3) is 3.78. The van der Waals surface area contributed by atoms with E-state index < -0.39 is 0 Å². The highest BCUT2D eigenvalue weighted by atomic mass is 79.9. The molecule has 17 heavy (non-hydrogen) atoms. The van der Waals surface area contributed by atoms with Crippen molar-refractivity contribution in [2.24, 2.45) is 11.7 Å². The number of hydrogen-bond donors (Lipinski definition) is 1. The van der Waals surface area contributed by atoms with Gasteiger partial charge in [0.2, 0.25) is 0 Å². The van der Waals surface area contributed by atoms with Crippen LogP contribution in [0.3, 0.4) is 0 Å². The summed E-state index contributed by atoms with van der Waals surface area (Å²) in [7, 11) is 0. The lowest BCUT2D eigenvalue weighted by Gasteiger charge is -2.30. The monoisotopic (exact) mass is 316 g/mol. The predicted octanol–water partition coefficient (Wildman–Crippen LogP) is 3.63. The van der Waals surface area contributed by atoms with Crippen LogP contribution in [0.2, 0.25) is 0 Å². The summed E-state index contributed by atoms with van der Waals surface area (Å²) in [6, 6.07) is 2.63.